The molecular weight excluding hydrogens is 246 g/mol. The van der Waals surface area contributed by atoms with Gasteiger partial charge in [0.05, 0.1) is 11.6 Å². The van der Waals surface area contributed by atoms with E-state index in [1.807, 2.05) is 11.9 Å². The molecule has 1 aliphatic rings. The number of likely N-dealkylation sites (N-methyl/N-ethyl adjacent to an activating group) is 1. The number of amides is 2. The first-order chi connectivity index (χ1) is 8.45. The zero-order valence-electron chi connectivity index (χ0n) is 11.4. The van der Waals surface area contributed by atoms with Gasteiger partial charge in [-0.15, -0.1) is 11.3 Å². The van der Waals surface area contributed by atoms with Crippen molar-refractivity contribution < 1.29 is 4.79 Å². The molecule has 0 spiro atoms. The lowest BCUT2D eigenvalue weighted by atomic mass is 10.0. The van der Waals surface area contributed by atoms with Crippen LogP contribution >= 0.6 is 11.3 Å². The molecule has 1 atom stereocenters. The Balaban J connectivity index is 2.15. The number of carbonyl (C=O) groups is 1. The zero-order chi connectivity index (χ0) is 13.3. The van der Waals surface area contributed by atoms with Crippen LogP contribution in [0.4, 0.5) is 4.79 Å². The summed E-state index contributed by atoms with van der Waals surface area (Å²) in [5.74, 6) is 0. The van der Waals surface area contributed by atoms with E-state index >= 15 is 0 Å². The molecule has 1 saturated heterocycles. The number of nitrogens with one attached hydrogen (secondary N) is 2. The summed E-state index contributed by atoms with van der Waals surface area (Å²) in [4.78, 5) is 15.3. The van der Waals surface area contributed by atoms with Crippen molar-refractivity contribution >= 4 is 17.4 Å². The van der Waals surface area contributed by atoms with Crippen LogP contribution in [0.5, 0.6) is 0 Å². The molecule has 1 aromatic heterocycles. The summed E-state index contributed by atoms with van der Waals surface area (Å²) in [6, 6.07) is 2.27. The maximum Gasteiger partial charge on any atom is 0.318 e. The van der Waals surface area contributed by atoms with E-state index in [-0.39, 0.29) is 17.6 Å². The van der Waals surface area contributed by atoms with Gasteiger partial charge in [0.2, 0.25) is 0 Å². The van der Waals surface area contributed by atoms with Gasteiger partial charge in [-0.3, -0.25) is 0 Å². The SMILES string of the molecule is CNCC(C)(C)N1CC(c2sccc2C)NC1=O. The summed E-state index contributed by atoms with van der Waals surface area (Å²) in [5.41, 5.74) is 1.09. The number of thiophene rings is 1. The molecule has 0 aromatic carbocycles. The van der Waals surface area contributed by atoms with Gasteiger partial charge in [0.25, 0.3) is 0 Å². The van der Waals surface area contributed by atoms with Gasteiger partial charge in [0.1, 0.15) is 0 Å². The molecule has 0 saturated carbocycles. The molecule has 0 aliphatic carbocycles. The fourth-order valence-corrected chi connectivity index (χ4v) is 3.45. The first-order valence-electron chi connectivity index (χ1n) is 6.22. The number of hydrogen-bond donors (Lipinski definition) is 2. The minimum atomic E-state index is -0.168. The third-order valence-electron chi connectivity index (χ3n) is 3.47. The average Bonchev–Trinajstić information content (AvgIpc) is 2.84. The largest absolute Gasteiger partial charge is 0.329 e. The Labute approximate surface area is 112 Å². The molecule has 100 valence electrons. The van der Waals surface area contributed by atoms with Crippen molar-refractivity contribution in [1.29, 1.82) is 0 Å². The van der Waals surface area contributed by atoms with E-state index in [0.717, 1.165) is 13.1 Å². The molecule has 1 aromatic rings. The third kappa shape index (κ3) is 2.37. The van der Waals surface area contributed by atoms with Crippen molar-refractivity contribution in [2.24, 2.45) is 0 Å². The van der Waals surface area contributed by atoms with Crippen molar-refractivity contribution in [3.63, 3.8) is 0 Å². The maximum atomic E-state index is 12.1. The van der Waals surface area contributed by atoms with Crippen LogP contribution in [-0.2, 0) is 0 Å². The Morgan fingerprint density at radius 3 is 2.89 bits per heavy atom. The number of hydrogen-bond acceptors (Lipinski definition) is 3. The van der Waals surface area contributed by atoms with Gasteiger partial charge in [-0.05, 0) is 44.8 Å². The van der Waals surface area contributed by atoms with E-state index in [9.17, 15) is 4.79 Å². The van der Waals surface area contributed by atoms with Crippen LogP contribution in [0.2, 0.25) is 0 Å². The van der Waals surface area contributed by atoms with Crippen LogP contribution in [0.25, 0.3) is 0 Å². The van der Waals surface area contributed by atoms with E-state index in [1.165, 1.54) is 10.4 Å². The number of urea groups is 1. The maximum absolute atomic E-state index is 12.1. The second-order valence-electron chi connectivity index (χ2n) is 5.42. The zero-order valence-corrected chi connectivity index (χ0v) is 12.2. The van der Waals surface area contributed by atoms with Crippen LogP contribution in [0.3, 0.4) is 0 Å². The molecule has 2 heterocycles. The molecule has 2 N–H and O–H groups in total. The average molecular weight is 267 g/mol. The quantitative estimate of drug-likeness (QED) is 0.877. The van der Waals surface area contributed by atoms with Crippen LogP contribution in [0, 0.1) is 6.92 Å². The van der Waals surface area contributed by atoms with Gasteiger partial charge in [-0.1, -0.05) is 0 Å². The predicted molar refractivity (Wildman–Crippen MR) is 75.0 cm³/mol. The van der Waals surface area contributed by atoms with Crippen LogP contribution in [0.15, 0.2) is 11.4 Å². The second-order valence-corrected chi connectivity index (χ2v) is 6.37. The van der Waals surface area contributed by atoms with E-state index in [2.05, 4.69) is 42.9 Å². The summed E-state index contributed by atoms with van der Waals surface area (Å²) < 4.78 is 0. The molecule has 2 amide bonds. The van der Waals surface area contributed by atoms with Gasteiger partial charge in [0.15, 0.2) is 0 Å². The highest BCUT2D eigenvalue weighted by atomic mass is 32.1. The van der Waals surface area contributed by atoms with Crippen molar-refractivity contribution in [3.05, 3.63) is 21.9 Å². The Morgan fingerprint density at radius 2 is 2.33 bits per heavy atom. The summed E-state index contributed by atoms with van der Waals surface area (Å²) >= 11 is 1.72. The first-order valence-corrected chi connectivity index (χ1v) is 7.10. The minimum Gasteiger partial charge on any atom is -0.329 e. The minimum absolute atomic E-state index is 0.0352. The van der Waals surface area contributed by atoms with Gasteiger partial charge in [-0.25, -0.2) is 4.79 Å². The summed E-state index contributed by atoms with van der Waals surface area (Å²) in [7, 11) is 1.91. The molecule has 4 nitrogen and oxygen atoms in total. The highest BCUT2D eigenvalue weighted by Crippen LogP contribution is 2.30. The van der Waals surface area contributed by atoms with Crippen molar-refractivity contribution in [2.75, 3.05) is 20.1 Å². The lowest BCUT2D eigenvalue weighted by Gasteiger charge is -2.34. The topological polar surface area (TPSA) is 44.4 Å². The fraction of sp³-hybridized carbons (Fsp3) is 0.615. The molecule has 1 fully saturated rings. The van der Waals surface area contributed by atoms with E-state index < -0.39 is 0 Å². The van der Waals surface area contributed by atoms with Gasteiger partial charge < -0.3 is 15.5 Å². The van der Waals surface area contributed by atoms with Crippen LogP contribution < -0.4 is 10.6 Å². The number of aryl methyl sites for hydroxylation is 1. The highest BCUT2D eigenvalue weighted by molar-refractivity contribution is 7.10. The molecule has 0 radical (unpaired) electrons. The standard InChI is InChI=1S/C13H21N3OS/c1-9-5-6-18-11(9)10-7-16(12(17)15-10)13(2,3)8-14-4/h5-6,10,14H,7-8H2,1-4H3,(H,15,17). The lowest BCUT2D eigenvalue weighted by Crippen LogP contribution is -2.51. The van der Waals surface area contributed by atoms with Gasteiger partial charge in [0, 0.05) is 18.0 Å². The Morgan fingerprint density at radius 1 is 1.61 bits per heavy atom. The van der Waals surface area contributed by atoms with Crippen molar-refractivity contribution in [1.82, 2.24) is 15.5 Å². The lowest BCUT2D eigenvalue weighted by molar-refractivity contribution is 0.158. The molecule has 18 heavy (non-hydrogen) atoms. The smallest absolute Gasteiger partial charge is 0.318 e. The summed E-state index contributed by atoms with van der Waals surface area (Å²) in [6.45, 7) is 7.81. The summed E-state index contributed by atoms with van der Waals surface area (Å²) in [5, 5.41) is 8.31. The Hall–Kier alpha value is -1.07. The third-order valence-corrected chi connectivity index (χ3v) is 4.60. The molecular formula is C13H21N3OS. The number of carbonyl (C=O) groups excluding carboxylic acids is 1. The van der Waals surface area contributed by atoms with E-state index in [1.54, 1.807) is 11.3 Å². The predicted octanol–water partition coefficient (Wildman–Crippen LogP) is 2.12. The summed E-state index contributed by atoms with van der Waals surface area (Å²) in [6.07, 6.45) is 0. The normalized spacial score (nSPS) is 20.3. The monoisotopic (exact) mass is 267 g/mol. The van der Waals surface area contributed by atoms with Crippen LogP contribution in [0.1, 0.15) is 30.3 Å². The Kier molecular flexibility index (Phi) is 3.64. The molecule has 0 bridgehead atoms. The molecule has 2 rings (SSSR count). The van der Waals surface area contributed by atoms with Gasteiger partial charge >= 0.3 is 6.03 Å². The van der Waals surface area contributed by atoms with Crippen LogP contribution in [-0.4, -0.2) is 36.6 Å². The number of nitrogens with zero attached hydrogens (tertiary/aromatic N) is 1. The van der Waals surface area contributed by atoms with Crippen molar-refractivity contribution in [2.45, 2.75) is 32.4 Å². The first kappa shape index (κ1) is 13.4. The van der Waals surface area contributed by atoms with E-state index in [4.69, 9.17) is 0 Å². The molecule has 1 unspecified atom stereocenters. The Bertz CT molecular complexity index is 441. The number of rotatable bonds is 4. The molecule has 1 aliphatic heterocycles. The van der Waals surface area contributed by atoms with Gasteiger partial charge in [-0.2, -0.15) is 0 Å². The highest BCUT2D eigenvalue weighted by Gasteiger charge is 2.39. The van der Waals surface area contributed by atoms with E-state index in [0.29, 0.717) is 0 Å². The fourth-order valence-electron chi connectivity index (χ4n) is 2.48. The molecule has 5 heteroatoms. The van der Waals surface area contributed by atoms with Crippen molar-refractivity contribution in [3.8, 4) is 0 Å². The second kappa shape index (κ2) is 4.90.